The lowest BCUT2D eigenvalue weighted by Gasteiger charge is -2.18. The van der Waals surface area contributed by atoms with Crippen molar-refractivity contribution in [3.8, 4) is 0 Å². The van der Waals surface area contributed by atoms with Gasteiger partial charge >= 0.3 is 0 Å². The van der Waals surface area contributed by atoms with E-state index in [9.17, 15) is 4.79 Å². The van der Waals surface area contributed by atoms with Crippen LogP contribution in [-0.4, -0.2) is 5.91 Å². The van der Waals surface area contributed by atoms with Crippen LogP contribution in [0.1, 0.15) is 11.6 Å². The van der Waals surface area contributed by atoms with Crippen LogP contribution in [0.5, 0.6) is 0 Å². The molecule has 0 fully saturated rings. The van der Waals surface area contributed by atoms with Crippen molar-refractivity contribution in [1.82, 2.24) is 0 Å². The molecular formula is C14H11Br2ClN2O. The lowest BCUT2D eigenvalue weighted by atomic mass is 10.1. The largest absolute Gasteiger partial charge is 0.370 e. The Balaban J connectivity index is 2.34. The van der Waals surface area contributed by atoms with E-state index in [2.05, 4.69) is 37.2 Å². The highest BCUT2D eigenvalue weighted by Crippen LogP contribution is 2.29. The van der Waals surface area contributed by atoms with Crippen molar-refractivity contribution in [3.05, 3.63) is 62.0 Å². The Morgan fingerprint density at radius 1 is 1.10 bits per heavy atom. The number of nitrogens with one attached hydrogen (secondary N) is 1. The normalized spacial score (nSPS) is 11.9. The maximum absolute atomic E-state index is 11.7. The Hall–Kier alpha value is -1.04. The molecule has 0 aliphatic carbocycles. The second-order valence-electron chi connectivity index (χ2n) is 4.15. The minimum Gasteiger partial charge on any atom is -0.370 e. The minimum atomic E-state index is -0.693. The Morgan fingerprint density at radius 2 is 1.70 bits per heavy atom. The van der Waals surface area contributed by atoms with Crippen LogP contribution in [0.25, 0.3) is 0 Å². The van der Waals surface area contributed by atoms with Crippen molar-refractivity contribution in [2.45, 2.75) is 6.04 Å². The lowest BCUT2D eigenvalue weighted by molar-refractivity contribution is -0.118. The molecular weight excluding hydrogens is 407 g/mol. The summed E-state index contributed by atoms with van der Waals surface area (Å²) in [5, 5.41) is 3.58. The first kappa shape index (κ1) is 15.4. The molecule has 0 saturated heterocycles. The molecule has 0 aliphatic rings. The third-order valence-electron chi connectivity index (χ3n) is 2.71. The van der Waals surface area contributed by atoms with E-state index in [4.69, 9.17) is 17.3 Å². The zero-order valence-corrected chi connectivity index (χ0v) is 14.2. The highest BCUT2D eigenvalue weighted by molar-refractivity contribution is 9.10. The molecule has 2 rings (SSSR count). The zero-order chi connectivity index (χ0) is 14.7. The van der Waals surface area contributed by atoms with Crippen molar-refractivity contribution >= 4 is 55.1 Å². The van der Waals surface area contributed by atoms with Gasteiger partial charge in [0.15, 0.2) is 0 Å². The van der Waals surface area contributed by atoms with E-state index >= 15 is 0 Å². The van der Waals surface area contributed by atoms with E-state index in [1.165, 1.54) is 0 Å². The van der Waals surface area contributed by atoms with Crippen LogP contribution in [0.15, 0.2) is 51.4 Å². The first-order valence-electron chi connectivity index (χ1n) is 5.74. The molecule has 0 radical (unpaired) electrons. The van der Waals surface area contributed by atoms with Gasteiger partial charge in [-0.15, -0.1) is 0 Å². The predicted molar refractivity (Wildman–Crippen MR) is 88.9 cm³/mol. The van der Waals surface area contributed by atoms with Crippen LogP contribution in [0.4, 0.5) is 5.69 Å². The summed E-state index contributed by atoms with van der Waals surface area (Å²) in [4.78, 5) is 11.7. The molecule has 6 heteroatoms. The lowest BCUT2D eigenvalue weighted by Crippen LogP contribution is -2.28. The monoisotopic (exact) mass is 416 g/mol. The van der Waals surface area contributed by atoms with Crippen molar-refractivity contribution in [2.24, 2.45) is 5.73 Å². The number of amides is 1. The molecule has 1 amide bonds. The van der Waals surface area contributed by atoms with E-state index < -0.39 is 11.9 Å². The Kier molecular flexibility index (Phi) is 5.07. The van der Waals surface area contributed by atoms with Gasteiger partial charge in [-0.05, 0) is 42.5 Å². The van der Waals surface area contributed by atoms with Gasteiger partial charge in [0.25, 0.3) is 0 Å². The Labute approximate surface area is 138 Å². The summed E-state index contributed by atoms with van der Waals surface area (Å²) in [5.74, 6) is -0.493. The third-order valence-corrected chi connectivity index (χ3v) is 4.07. The summed E-state index contributed by atoms with van der Waals surface area (Å²) in [6, 6.07) is 12.1. The average Bonchev–Trinajstić information content (AvgIpc) is 2.41. The molecule has 1 unspecified atom stereocenters. The summed E-state index contributed by atoms with van der Waals surface area (Å²) in [5.41, 5.74) is 6.90. The third kappa shape index (κ3) is 3.75. The Bertz CT molecular complexity index is 632. The van der Waals surface area contributed by atoms with Crippen LogP contribution in [-0.2, 0) is 4.79 Å². The van der Waals surface area contributed by atoms with E-state index in [-0.39, 0.29) is 0 Å². The summed E-state index contributed by atoms with van der Waals surface area (Å²) < 4.78 is 1.79. The number of benzene rings is 2. The number of anilines is 1. The number of nitrogens with two attached hydrogens (primary N) is 1. The van der Waals surface area contributed by atoms with Crippen LogP contribution < -0.4 is 11.1 Å². The molecule has 0 aliphatic heterocycles. The molecule has 3 N–H and O–H groups in total. The maximum Gasteiger partial charge on any atom is 0.244 e. The van der Waals surface area contributed by atoms with Crippen molar-refractivity contribution in [1.29, 1.82) is 0 Å². The molecule has 0 saturated carbocycles. The topological polar surface area (TPSA) is 55.1 Å². The van der Waals surface area contributed by atoms with Gasteiger partial charge in [0, 0.05) is 25.2 Å². The van der Waals surface area contributed by atoms with Crippen molar-refractivity contribution < 1.29 is 4.79 Å². The van der Waals surface area contributed by atoms with Crippen molar-refractivity contribution in [3.63, 3.8) is 0 Å². The van der Waals surface area contributed by atoms with Gasteiger partial charge in [-0.25, -0.2) is 0 Å². The number of hydrogen-bond donors (Lipinski definition) is 2. The van der Waals surface area contributed by atoms with Crippen LogP contribution in [0.2, 0.25) is 5.02 Å². The van der Waals surface area contributed by atoms with E-state index in [0.717, 1.165) is 14.6 Å². The van der Waals surface area contributed by atoms with Gasteiger partial charge in [-0.1, -0.05) is 43.5 Å². The highest BCUT2D eigenvalue weighted by Gasteiger charge is 2.20. The van der Waals surface area contributed by atoms with Gasteiger partial charge in [0.2, 0.25) is 5.91 Å². The molecule has 2 aromatic carbocycles. The predicted octanol–water partition coefficient (Wildman–Crippen LogP) is 4.50. The fourth-order valence-electron chi connectivity index (χ4n) is 1.75. The number of primary amides is 1. The summed E-state index contributed by atoms with van der Waals surface area (Å²) in [6.45, 7) is 0. The van der Waals surface area contributed by atoms with E-state index in [1.54, 1.807) is 12.1 Å². The summed E-state index contributed by atoms with van der Waals surface area (Å²) >= 11 is 12.9. The SMILES string of the molecule is NC(=O)C(Nc1ccc(Br)cc1)c1cc(Br)ccc1Cl. The van der Waals surface area contributed by atoms with E-state index in [0.29, 0.717) is 10.6 Å². The maximum atomic E-state index is 11.7. The number of halogens is 3. The van der Waals surface area contributed by atoms with E-state index in [1.807, 2.05) is 30.3 Å². The molecule has 1 atom stereocenters. The number of rotatable bonds is 4. The molecule has 0 aromatic heterocycles. The van der Waals surface area contributed by atoms with Crippen molar-refractivity contribution in [2.75, 3.05) is 5.32 Å². The number of carbonyl (C=O) groups excluding carboxylic acids is 1. The summed E-state index contributed by atoms with van der Waals surface area (Å²) in [7, 11) is 0. The summed E-state index contributed by atoms with van der Waals surface area (Å²) in [6.07, 6.45) is 0. The van der Waals surface area contributed by atoms with Crippen LogP contribution >= 0.6 is 43.5 Å². The highest BCUT2D eigenvalue weighted by atomic mass is 79.9. The van der Waals surface area contributed by atoms with Gasteiger partial charge in [-0.2, -0.15) is 0 Å². The molecule has 2 aromatic rings. The fourth-order valence-corrected chi connectivity index (χ4v) is 2.62. The molecule has 0 heterocycles. The minimum absolute atomic E-state index is 0.488. The number of carbonyl (C=O) groups is 1. The van der Waals surface area contributed by atoms with Crippen LogP contribution in [0.3, 0.4) is 0 Å². The van der Waals surface area contributed by atoms with Gasteiger partial charge in [0.05, 0.1) is 0 Å². The first-order valence-corrected chi connectivity index (χ1v) is 7.70. The average molecular weight is 419 g/mol. The second-order valence-corrected chi connectivity index (χ2v) is 6.39. The second kappa shape index (κ2) is 6.61. The molecule has 3 nitrogen and oxygen atoms in total. The number of hydrogen-bond acceptors (Lipinski definition) is 2. The molecule has 0 spiro atoms. The smallest absolute Gasteiger partial charge is 0.244 e. The standard InChI is InChI=1S/C14H11Br2ClN2O/c15-8-1-4-10(5-2-8)19-13(14(18)20)11-7-9(16)3-6-12(11)17/h1-7,13,19H,(H2,18,20). The van der Waals surface area contributed by atoms with Gasteiger partial charge in [0.1, 0.15) is 6.04 Å². The van der Waals surface area contributed by atoms with Gasteiger partial charge in [-0.3, -0.25) is 4.79 Å². The molecule has 0 bridgehead atoms. The molecule has 20 heavy (non-hydrogen) atoms. The molecule has 104 valence electrons. The van der Waals surface area contributed by atoms with Gasteiger partial charge < -0.3 is 11.1 Å². The Morgan fingerprint density at radius 3 is 2.30 bits per heavy atom. The quantitative estimate of drug-likeness (QED) is 0.768. The zero-order valence-electron chi connectivity index (χ0n) is 10.2. The van der Waals surface area contributed by atoms with Crippen LogP contribution in [0, 0.1) is 0 Å². The fraction of sp³-hybridized carbons (Fsp3) is 0.0714. The first-order chi connectivity index (χ1) is 9.47.